The molecule has 0 radical (unpaired) electrons. The van der Waals surface area contributed by atoms with Crippen molar-refractivity contribution in [2.45, 2.75) is 57.6 Å². The SMILES string of the molecule is C/C(=C\C(=O)NC1CCCCC1O)C1CC1. The number of aliphatic hydroxyl groups is 1. The van der Waals surface area contributed by atoms with E-state index in [2.05, 4.69) is 5.32 Å². The molecule has 3 heteroatoms. The number of carbonyl (C=O) groups excluding carboxylic acids is 1. The van der Waals surface area contributed by atoms with Gasteiger partial charge in [0.15, 0.2) is 0 Å². The first-order chi connectivity index (χ1) is 7.66. The molecule has 0 spiro atoms. The first-order valence-corrected chi connectivity index (χ1v) is 6.33. The van der Waals surface area contributed by atoms with Gasteiger partial charge in [-0.2, -0.15) is 0 Å². The quantitative estimate of drug-likeness (QED) is 0.716. The van der Waals surface area contributed by atoms with E-state index in [9.17, 15) is 9.90 Å². The van der Waals surface area contributed by atoms with Crippen LogP contribution in [-0.4, -0.2) is 23.2 Å². The van der Waals surface area contributed by atoms with Crippen LogP contribution in [0.4, 0.5) is 0 Å². The van der Waals surface area contributed by atoms with Gasteiger partial charge in [0.05, 0.1) is 12.1 Å². The van der Waals surface area contributed by atoms with E-state index in [0.717, 1.165) is 25.7 Å². The summed E-state index contributed by atoms with van der Waals surface area (Å²) in [5, 5.41) is 12.7. The maximum absolute atomic E-state index is 11.7. The van der Waals surface area contributed by atoms with Gasteiger partial charge in [0, 0.05) is 6.08 Å². The number of nitrogens with one attached hydrogen (secondary N) is 1. The zero-order chi connectivity index (χ0) is 11.5. The second kappa shape index (κ2) is 5.00. The summed E-state index contributed by atoms with van der Waals surface area (Å²) in [5.41, 5.74) is 1.18. The lowest BCUT2D eigenvalue weighted by Gasteiger charge is -2.27. The highest BCUT2D eigenvalue weighted by Crippen LogP contribution is 2.35. The van der Waals surface area contributed by atoms with E-state index in [0.29, 0.717) is 5.92 Å². The average molecular weight is 223 g/mol. The van der Waals surface area contributed by atoms with Crippen LogP contribution in [0.2, 0.25) is 0 Å². The van der Waals surface area contributed by atoms with Crippen LogP contribution in [0.5, 0.6) is 0 Å². The van der Waals surface area contributed by atoms with Gasteiger partial charge in [-0.05, 0) is 38.5 Å². The fourth-order valence-corrected chi connectivity index (χ4v) is 2.37. The normalized spacial score (nSPS) is 31.2. The molecular formula is C13H21NO2. The lowest BCUT2D eigenvalue weighted by atomic mass is 9.92. The molecular weight excluding hydrogens is 202 g/mol. The third-order valence-electron chi connectivity index (χ3n) is 3.64. The molecule has 2 unspecified atom stereocenters. The summed E-state index contributed by atoms with van der Waals surface area (Å²) in [7, 11) is 0. The van der Waals surface area contributed by atoms with Crippen LogP contribution in [0.25, 0.3) is 0 Å². The van der Waals surface area contributed by atoms with Crippen LogP contribution in [0.15, 0.2) is 11.6 Å². The Morgan fingerprint density at radius 1 is 1.25 bits per heavy atom. The summed E-state index contributed by atoms with van der Waals surface area (Å²) >= 11 is 0. The standard InChI is InChI=1S/C13H21NO2/c1-9(10-6-7-10)8-13(16)14-11-4-2-3-5-12(11)15/h8,10-12,15H,2-7H2,1H3,(H,14,16)/b9-8+. The maximum Gasteiger partial charge on any atom is 0.244 e. The summed E-state index contributed by atoms with van der Waals surface area (Å²) < 4.78 is 0. The van der Waals surface area contributed by atoms with Gasteiger partial charge >= 0.3 is 0 Å². The Labute approximate surface area is 96.9 Å². The van der Waals surface area contributed by atoms with Crippen molar-refractivity contribution in [3.05, 3.63) is 11.6 Å². The molecule has 0 aromatic carbocycles. The molecule has 0 heterocycles. The van der Waals surface area contributed by atoms with Crippen molar-refractivity contribution in [1.29, 1.82) is 0 Å². The number of hydrogen-bond donors (Lipinski definition) is 2. The van der Waals surface area contributed by atoms with Crippen molar-refractivity contribution in [1.82, 2.24) is 5.32 Å². The van der Waals surface area contributed by atoms with Crippen LogP contribution < -0.4 is 5.32 Å². The van der Waals surface area contributed by atoms with Gasteiger partial charge in [-0.3, -0.25) is 4.79 Å². The first kappa shape index (κ1) is 11.6. The van der Waals surface area contributed by atoms with E-state index < -0.39 is 0 Å². The van der Waals surface area contributed by atoms with E-state index in [1.165, 1.54) is 18.4 Å². The predicted molar refractivity (Wildman–Crippen MR) is 62.9 cm³/mol. The molecule has 2 saturated carbocycles. The van der Waals surface area contributed by atoms with E-state index in [1.54, 1.807) is 6.08 Å². The summed E-state index contributed by atoms with van der Waals surface area (Å²) in [5.74, 6) is 0.609. The highest BCUT2D eigenvalue weighted by Gasteiger charge is 2.26. The molecule has 2 N–H and O–H groups in total. The summed E-state index contributed by atoms with van der Waals surface area (Å²) in [6.45, 7) is 2.02. The number of allylic oxidation sites excluding steroid dienone is 1. The molecule has 2 aliphatic rings. The van der Waals surface area contributed by atoms with Gasteiger partial charge in [0.25, 0.3) is 0 Å². The van der Waals surface area contributed by atoms with Crippen LogP contribution in [0, 0.1) is 5.92 Å². The molecule has 0 saturated heterocycles. The number of aliphatic hydroxyl groups excluding tert-OH is 1. The fourth-order valence-electron chi connectivity index (χ4n) is 2.37. The lowest BCUT2D eigenvalue weighted by molar-refractivity contribution is -0.118. The zero-order valence-electron chi connectivity index (χ0n) is 9.91. The highest BCUT2D eigenvalue weighted by atomic mass is 16.3. The minimum atomic E-state index is -0.354. The second-order valence-corrected chi connectivity index (χ2v) is 5.13. The molecule has 2 rings (SSSR count). The molecule has 2 aliphatic carbocycles. The van der Waals surface area contributed by atoms with Crippen LogP contribution in [0.1, 0.15) is 45.4 Å². The Bertz CT molecular complexity index is 294. The molecule has 90 valence electrons. The van der Waals surface area contributed by atoms with E-state index in [4.69, 9.17) is 0 Å². The number of hydrogen-bond acceptors (Lipinski definition) is 2. The van der Waals surface area contributed by atoms with Crippen molar-refractivity contribution in [2.75, 3.05) is 0 Å². The third kappa shape index (κ3) is 3.08. The number of rotatable bonds is 3. The van der Waals surface area contributed by atoms with Gasteiger partial charge in [-0.25, -0.2) is 0 Å². The van der Waals surface area contributed by atoms with Crippen molar-refractivity contribution < 1.29 is 9.90 Å². The molecule has 0 aromatic heterocycles. The number of amides is 1. The zero-order valence-corrected chi connectivity index (χ0v) is 9.91. The van der Waals surface area contributed by atoms with Crippen LogP contribution >= 0.6 is 0 Å². The minimum Gasteiger partial charge on any atom is -0.391 e. The maximum atomic E-state index is 11.7. The minimum absolute atomic E-state index is 0.0321. The van der Waals surface area contributed by atoms with E-state index in [-0.39, 0.29) is 18.1 Å². The van der Waals surface area contributed by atoms with Crippen LogP contribution in [-0.2, 0) is 4.79 Å². The second-order valence-electron chi connectivity index (χ2n) is 5.13. The molecule has 2 fully saturated rings. The van der Waals surface area contributed by atoms with Gasteiger partial charge in [-0.15, -0.1) is 0 Å². The van der Waals surface area contributed by atoms with Crippen molar-refractivity contribution in [3.8, 4) is 0 Å². The Hall–Kier alpha value is -0.830. The molecule has 1 amide bonds. The summed E-state index contributed by atoms with van der Waals surface area (Å²) in [6, 6.07) is -0.0375. The largest absolute Gasteiger partial charge is 0.391 e. The third-order valence-corrected chi connectivity index (χ3v) is 3.64. The van der Waals surface area contributed by atoms with E-state index >= 15 is 0 Å². The Balaban J connectivity index is 1.83. The van der Waals surface area contributed by atoms with E-state index in [1.807, 2.05) is 6.92 Å². The fraction of sp³-hybridized carbons (Fsp3) is 0.769. The van der Waals surface area contributed by atoms with Crippen molar-refractivity contribution >= 4 is 5.91 Å². The Morgan fingerprint density at radius 3 is 2.56 bits per heavy atom. The smallest absolute Gasteiger partial charge is 0.244 e. The van der Waals surface area contributed by atoms with Gasteiger partial charge in [0.1, 0.15) is 0 Å². The summed E-state index contributed by atoms with van der Waals surface area (Å²) in [4.78, 5) is 11.7. The topological polar surface area (TPSA) is 49.3 Å². The molecule has 3 nitrogen and oxygen atoms in total. The van der Waals surface area contributed by atoms with Gasteiger partial charge in [0.2, 0.25) is 5.91 Å². The molecule has 16 heavy (non-hydrogen) atoms. The van der Waals surface area contributed by atoms with Gasteiger partial charge in [-0.1, -0.05) is 18.4 Å². The van der Waals surface area contributed by atoms with Crippen molar-refractivity contribution in [2.24, 2.45) is 5.92 Å². The molecule has 0 aromatic rings. The predicted octanol–water partition coefficient (Wildman–Crippen LogP) is 1.76. The van der Waals surface area contributed by atoms with Crippen molar-refractivity contribution in [3.63, 3.8) is 0 Å². The highest BCUT2D eigenvalue weighted by molar-refractivity contribution is 5.88. The molecule has 2 atom stereocenters. The lowest BCUT2D eigenvalue weighted by Crippen LogP contribution is -2.44. The first-order valence-electron chi connectivity index (χ1n) is 6.33. The summed E-state index contributed by atoms with van der Waals surface area (Å²) in [6.07, 6.45) is 7.70. The molecule has 0 bridgehead atoms. The average Bonchev–Trinajstić information content (AvgIpc) is 3.04. The number of carbonyl (C=O) groups is 1. The van der Waals surface area contributed by atoms with Gasteiger partial charge < -0.3 is 10.4 Å². The Kier molecular flexibility index (Phi) is 3.64. The monoisotopic (exact) mass is 223 g/mol. The molecule has 0 aliphatic heterocycles. The van der Waals surface area contributed by atoms with Crippen LogP contribution in [0.3, 0.4) is 0 Å². The Morgan fingerprint density at radius 2 is 1.94 bits per heavy atom.